The lowest BCUT2D eigenvalue weighted by Gasteiger charge is -2.37. The summed E-state index contributed by atoms with van der Waals surface area (Å²) in [4.78, 5) is 28.0. The molecule has 0 radical (unpaired) electrons. The molecule has 2 amide bonds. The highest BCUT2D eigenvalue weighted by Crippen LogP contribution is 2.38. The molecule has 0 spiro atoms. The Balaban J connectivity index is 1.04. The van der Waals surface area contributed by atoms with Crippen LogP contribution >= 0.6 is 0 Å². The highest BCUT2D eigenvalue weighted by Gasteiger charge is 2.24. The zero-order valence-electron chi connectivity index (χ0n) is 18.8. The van der Waals surface area contributed by atoms with Gasteiger partial charge in [-0.15, -0.1) is 0 Å². The number of amides is 2. The lowest BCUT2D eigenvalue weighted by atomic mass is 10.0. The summed E-state index contributed by atoms with van der Waals surface area (Å²) in [5.41, 5.74) is 3.87. The third kappa shape index (κ3) is 5.06. The summed E-state index contributed by atoms with van der Waals surface area (Å²) in [6.07, 6.45) is 3.42. The Labute approximate surface area is 193 Å². The van der Waals surface area contributed by atoms with Gasteiger partial charge in [0, 0.05) is 44.4 Å². The van der Waals surface area contributed by atoms with Crippen LogP contribution in [-0.4, -0.2) is 62.7 Å². The molecule has 2 aromatic carbocycles. The van der Waals surface area contributed by atoms with Crippen molar-refractivity contribution in [3.05, 3.63) is 42.0 Å². The minimum Gasteiger partial charge on any atom is -0.494 e. The van der Waals surface area contributed by atoms with Crippen LogP contribution in [-0.2, 0) is 16.0 Å². The Morgan fingerprint density at radius 1 is 0.909 bits per heavy atom. The largest absolute Gasteiger partial charge is 0.494 e. The number of fused-ring (bicyclic) bond motifs is 2. The van der Waals surface area contributed by atoms with Crippen LogP contribution in [0.1, 0.15) is 24.8 Å². The molecule has 8 heteroatoms. The van der Waals surface area contributed by atoms with Crippen LogP contribution in [0.4, 0.5) is 17.1 Å². The number of anilines is 3. The zero-order valence-corrected chi connectivity index (χ0v) is 18.8. The molecule has 0 saturated carbocycles. The normalized spacial score (nSPS) is 18.0. The number of ether oxygens (including phenoxy) is 2. The van der Waals surface area contributed by atoms with Gasteiger partial charge in [-0.1, -0.05) is 12.1 Å². The van der Waals surface area contributed by atoms with Gasteiger partial charge in [-0.3, -0.25) is 14.5 Å². The fourth-order valence-corrected chi connectivity index (χ4v) is 4.63. The average Bonchev–Trinajstić information content (AvgIpc) is 2.83. The molecule has 8 nitrogen and oxygen atoms in total. The minimum absolute atomic E-state index is 0.0752. The van der Waals surface area contributed by atoms with E-state index in [0.29, 0.717) is 13.0 Å². The molecule has 0 aromatic heterocycles. The quantitative estimate of drug-likeness (QED) is 0.632. The van der Waals surface area contributed by atoms with Crippen molar-refractivity contribution in [1.82, 2.24) is 4.90 Å². The number of unbranched alkanes of at least 4 members (excludes halogenated alkanes) is 1. The number of aryl methyl sites for hydroxylation is 1. The molecule has 0 atom stereocenters. The van der Waals surface area contributed by atoms with E-state index in [9.17, 15) is 9.59 Å². The molecule has 33 heavy (non-hydrogen) atoms. The highest BCUT2D eigenvalue weighted by molar-refractivity contribution is 5.97. The molecule has 2 N–H and O–H groups in total. The molecule has 0 aliphatic carbocycles. The monoisotopic (exact) mass is 450 g/mol. The third-order valence-corrected chi connectivity index (χ3v) is 6.44. The summed E-state index contributed by atoms with van der Waals surface area (Å²) >= 11 is 0. The van der Waals surface area contributed by atoms with E-state index < -0.39 is 0 Å². The first-order chi connectivity index (χ1) is 16.2. The fraction of sp³-hybridized carbons (Fsp3) is 0.440. The van der Waals surface area contributed by atoms with Crippen LogP contribution in [0, 0.1) is 0 Å². The van der Waals surface area contributed by atoms with Gasteiger partial charge in [-0.2, -0.15) is 0 Å². The Morgan fingerprint density at radius 3 is 2.64 bits per heavy atom. The van der Waals surface area contributed by atoms with Crippen molar-refractivity contribution in [3.8, 4) is 11.5 Å². The van der Waals surface area contributed by atoms with Crippen molar-refractivity contribution < 1.29 is 19.1 Å². The predicted molar refractivity (Wildman–Crippen MR) is 127 cm³/mol. The van der Waals surface area contributed by atoms with Gasteiger partial charge < -0.3 is 25.0 Å². The van der Waals surface area contributed by atoms with Crippen molar-refractivity contribution in [2.45, 2.75) is 25.7 Å². The first kappa shape index (κ1) is 21.6. The molecule has 174 valence electrons. The van der Waals surface area contributed by atoms with Gasteiger partial charge in [0.25, 0.3) is 5.91 Å². The summed E-state index contributed by atoms with van der Waals surface area (Å²) in [5.74, 6) is 1.57. The summed E-state index contributed by atoms with van der Waals surface area (Å²) in [6.45, 7) is 5.67. The molecule has 3 aliphatic heterocycles. The second-order valence-electron chi connectivity index (χ2n) is 8.74. The van der Waals surface area contributed by atoms with Gasteiger partial charge in [0.1, 0.15) is 5.75 Å². The number of carbonyl (C=O) groups excluding carboxylic acids is 2. The smallest absolute Gasteiger partial charge is 0.262 e. The SMILES string of the molecule is O=C1CCc2ccc(OCCCCN3CCN(c4cccc5c4OCC(=O)N5)CC3)cc2N1. The van der Waals surface area contributed by atoms with Crippen LogP contribution in [0.15, 0.2) is 36.4 Å². The predicted octanol–water partition coefficient (Wildman–Crippen LogP) is 2.88. The van der Waals surface area contributed by atoms with Crippen molar-refractivity contribution in [3.63, 3.8) is 0 Å². The van der Waals surface area contributed by atoms with E-state index >= 15 is 0 Å². The van der Waals surface area contributed by atoms with E-state index in [1.807, 2.05) is 30.3 Å². The molecule has 0 unspecified atom stereocenters. The zero-order chi connectivity index (χ0) is 22.6. The molecule has 0 bridgehead atoms. The topological polar surface area (TPSA) is 83.1 Å². The minimum atomic E-state index is -0.105. The van der Waals surface area contributed by atoms with Crippen molar-refractivity contribution in [2.75, 3.05) is 61.5 Å². The summed E-state index contributed by atoms with van der Waals surface area (Å²) in [6, 6.07) is 11.9. The standard InChI is InChI=1S/C25H30N4O4/c30-23-9-7-18-6-8-19(16-21(18)27-23)32-15-2-1-10-28-11-13-29(14-12-28)22-5-3-4-20-25(22)33-17-24(31)26-20/h3-6,8,16H,1-2,7,9-15,17H2,(H,26,31)(H,27,30). The number of benzene rings is 2. The highest BCUT2D eigenvalue weighted by atomic mass is 16.5. The average molecular weight is 451 g/mol. The van der Waals surface area contributed by atoms with Crippen LogP contribution in [0.5, 0.6) is 11.5 Å². The lowest BCUT2D eigenvalue weighted by molar-refractivity contribution is -0.118. The Morgan fingerprint density at radius 2 is 1.76 bits per heavy atom. The maximum Gasteiger partial charge on any atom is 0.262 e. The molecular formula is C25H30N4O4. The molecule has 1 saturated heterocycles. The first-order valence-electron chi connectivity index (χ1n) is 11.7. The Hall–Kier alpha value is -3.26. The van der Waals surface area contributed by atoms with Crippen LogP contribution in [0.3, 0.4) is 0 Å². The van der Waals surface area contributed by atoms with Gasteiger partial charge in [0.15, 0.2) is 12.4 Å². The number of hydrogen-bond donors (Lipinski definition) is 2. The van der Waals surface area contributed by atoms with E-state index in [2.05, 4.69) is 26.5 Å². The third-order valence-electron chi connectivity index (χ3n) is 6.44. The number of nitrogens with zero attached hydrogens (tertiary/aromatic N) is 2. The number of piperazine rings is 1. The Bertz CT molecular complexity index is 1030. The molecule has 2 aromatic rings. The van der Waals surface area contributed by atoms with Crippen LogP contribution in [0.25, 0.3) is 0 Å². The molecular weight excluding hydrogens is 420 g/mol. The molecule has 5 rings (SSSR count). The van der Waals surface area contributed by atoms with Gasteiger partial charge in [0.2, 0.25) is 5.91 Å². The van der Waals surface area contributed by atoms with E-state index in [1.165, 1.54) is 5.56 Å². The van der Waals surface area contributed by atoms with E-state index in [-0.39, 0.29) is 18.4 Å². The molecule has 3 aliphatic rings. The summed E-state index contributed by atoms with van der Waals surface area (Å²) in [5, 5.41) is 5.81. The van der Waals surface area contributed by atoms with Crippen LogP contribution < -0.4 is 25.0 Å². The second kappa shape index (κ2) is 9.70. The maximum absolute atomic E-state index is 11.6. The van der Waals surface area contributed by atoms with E-state index in [4.69, 9.17) is 9.47 Å². The molecule has 3 heterocycles. The summed E-state index contributed by atoms with van der Waals surface area (Å²) < 4.78 is 11.6. The lowest BCUT2D eigenvalue weighted by Crippen LogP contribution is -2.47. The molecule has 1 fully saturated rings. The van der Waals surface area contributed by atoms with Gasteiger partial charge >= 0.3 is 0 Å². The van der Waals surface area contributed by atoms with Crippen molar-refractivity contribution in [1.29, 1.82) is 0 Å². The maximum atomic E-state index is 11.6. The number of rotatable bonds is 7. The number of nitrogens with one attached hydrogen (secondary N) is 2. The first-order valence-corrected chi connectivity index (χ1v) is 11.7. The van der Waals surface area contributed by atoms with Crippen LogP contribution in [0.2, 0.25) is 0 Å². The van der Waals surface area contributed by atoms with E-state index in [0.717, 1.165) is 80.5 Å². The Kier molecular flexibility index (Phi) is 6.35. The second-order valence-corrected chi connectivity index (χ2v) is 8.74. The van der Waals surface area contributed by atoms with Crippen molar-refractivity contribution >= 4 is 28.9 Å². The number of hydrogen-bond acceptors (Lipinski definition) is 6. The summed E-state index contributed by atoms with van der Waals surface area (Å²) in [7, 11) is 0. The number of para-hydroxylation sites is 1. The van der Waals surface area contributed by atoms with Gasteiger partial charge in [-0.25, -0.2) is 0 Å². The van der Waals surface area contributed by atoms with Crippen molar-refractivity contribution in [2.24, 2.45) is 0 Å². The van der Waals surface area contributed by atoms with Gasteiger partial charge in [-0.05, 0) is 49.6 Å². The van der Waals surface area contributed by atoms with E-state index in [1.54, 1.807) is 0 Å². The fourth-order valence-electron chi connectivity index (χ4n) is 4.63. The number of carbonyl (C=O) groups is 2. The van der Waals surface area contributed by atoms with Gasteiger partial charge in [0.05, 0.1) is 18.0 Å².